The van der Waals surface area contributed by atoms with Crippen LogP contribution in [0.1, 0.15) is 19.4 Å². The second kappa shape index (κ2) is 9.95. The lowest BCUT2D eigenvalue weighted by Crippen LogP contribution is -2.54. The van der Waals surface area contributed by atoms with Gasteiger partial charge in [-0.25, -0.2) is 13.6 Å². The molecule has 1 unspecified atom stereocenters. The molecule has 2 aromatic carbocycles. The van der Waals surface area contributed by atoms with Crippen LogP contribution >= 0.6 is 23.4 Å². The number of halogens is 3. The van der Waals surface area contributed by atoms with Gasteiger partial charge in [-0.05, 0) is 55.5 Å². The Morgan fingerprint density at radius 2 is 2.08 bits per heavy atom. The monoisotopic (exact) mass is 542 g/mol. The first-order valence-corrected chi connectivity index (χ1v) is 13.2. The van der Waals surface area contributed by atoms with Crippen molar-refractivity contribution in [2.24, 2.45) is 0 Å². The molecule has 0 N–H and O–H groups in total. The number of aryl methyl sites for hydroxylation is 1. The van der Waals surface area contributed by atoms with E-state index < -0.39 is 11.9 Å². The molecule has 3 heterocycles. The maximum atomic E-state index is 14.4. The maximum absolute atomic E-state index is 14.4. The van der Waals surface area contributed by atoms with E-state index in [4.69, 9.17) is 11.6 Å². The fourth-order valence-electron chi connectivity index (χ4n) is 4.77. The van der Waals surface area contributed by atoms with Gasteiger partial charge in [0.1, 0.15) is 17.8 Å². The first kappa shape index (κ1) is 25.5. The zero-order chi connectivity index (χ0) is 26.4. The summed E-state index contributed by atoms with van der Waals surface area (Å²) in [5, 5.41) is 2.91. The smallest absolute Gasteiger partial charge is 0.350 e. The average molecular weight is 543 g/mol. The molecule has 5 rings (SSSR count). The molecule has 2 aliphatic rings. The highest BCUT2D eigenvalue weighted by Gasteiger charge is 2.30. The van der Waals surface area contributed by atoms with Crippen LogP contribution in [0.4, 0.5) is 14.6 Å². The Kier molecular flexibility index (Phi) is 6.85. The number of hydrogen-bond acceptors (Lipinski definition) is 5. The van der Waals surface area contributed by atoms with Crippen LogP contribution in [0.2, 0.25) is 5.02 Å². The van der Waals surface area contributed by atoms with Crippen molar-refractivity contribution in [3.8, 4) is 11.1 Å². The van der Waals surface area contributed by atoms with Gasteiger partial charge in [-0.1, -0.05) is 35.5 Å². The molecule has 2 atom stereocenters. The number of amides is 1. The lowest BCUT2D eigenvalue weighted by Gasteiger charge is -2.40. The number of carbonyl (C=O) groups excluding carboxylic acids is 1. The van der Waals surface area contributed by atoms with E-state index in [-0.39, 0.29) is 17.8 Å². The quantitative estimate of drug-likeness (QED) is 0.399. The third-order valence-corrected chi connectivity index (χ3v) is 7.86. The molecule has 1 amide bonds. The minimum absolute atomic E-state index is 0.154. The molecule has 0 saturated carbocycles. The molecule has 10 heteroatoms. The Hall–Kier alpha value is -3.17. The molecule has 0 aliphatic carbocycles. The summed E-state index contributed by atoms with van der Waals surface area (Å²) < 4.78 is 29.1. The molecule has 0 bridgehead atoms. The predicted molar refractivity (Wildman–Crippen MR) is 145 cm³/mol. The zero-order valence-corrected chi connectivity index (χ0v) is 22.1. The maximum Gasteiger partial charge on any atom is 0.354 e. The van der Waals surface area contributed by atoms with Crippen LogP contribution in [0.5, 0.6) is 0 Å². The van der Waals surface area contributed by atoms with Crippen LogP contribution in [-0.4, -0.2) is 52.2 Å². The van der Waals surface area contributed by atoms with Gasteiger partial charge in [0.15, 0.2) is 0 Å². The Morgan fingerprint density at radius 3 is 2.78 bits per heavy atom. The molecular formula is C27H25ClF2N4O2S. The number of thioether (sulfide) groups is 1. The number of nitrogens with zero attached hydrogens (tertiary/aromatic N) is 4. The summed E-state index contributed by atoms with van der Waals surface area (Å²) in [7, 11) is 0. The standard InChI is InChI=1S/C27H25ClF2N4O2S/c1-15-4-6-18(12-21(15)30)23-20(28)13-19-24-25(23)37-11-10-34(24)27(36)31-26(19)33-9-8-32(14-17(33)3)22(35)7-5-16(2)29/h4-7,10-13,16-17H,8-9,14H2,1-3H3/b7-5+/t16?,17-/m0/s1. The number of benzene rings is 2. The number of hydrogen-bond donors (Lipinski definition) is 0. The van der Waals surface area contributed by atoms with Gasteiger partial charge in [-0.3, -0.25) is 9.36 Å². The molecule has 3 aromatic rings. The highest BCUT2D eigenvalue weighted by molar-refractivity contribution is 8.02. The van der Waals surface area contributed by atoms with Crippen LogP contribution in [0.25, 0.3) is 28.2 Å². The van der Waals surface area contributed by atoms with Crippen molar-refractivity contribution in [2.45, 2.75) is 37.9 Å². The summed E-state index contributed by atoms with van der Waals surface area (Å²) >= 11 is 8.24. The molecule has 1 fully saturated rings. The van der Waals surface area contributed by atoms with Gasteiger partial charge in [0, 0.05) is 53.8 Å². The minimum Gasteiger partial charge on any atom is -0.350 e. The van der Waals surface area contributed by atoms with Crippen molar-refractivity contribution < 1.29 is 13.6 Å². The first-order valence-electron chi connectivity index (χ1n) is 11.9. The summed E-state index contributed by atoms with van der Waals surface area (Å²) in [6.07, 6.45) is 2.97. The summed E-state index contributed by atoms with van der Waals surface area (Å²) in [4.78, 5) is 34.4. The molecule has 1 saturated heterocycles. The van der Waals surface area contributed by atoms with Gasteiger partial charge in [-0.15, -0.1) is 0 Å². The third kappa shape index (κ3) is 4.66. The molecule has 6 nitrogen and oxygen atoms in total. The van der Waals surface area contributed by atoms with Gasteiger partial charge >= 0.3 is 5.69 Å². The van der Waals surface area contributed by atoms with Crippen molar-refractivity contribution in [1.29, 1.82) is 0 Å². The van der Waals surface area contributed by atoms with Crippen LogP contribution in [0, 0.1) is 12.7 Å². The van der Waals surface area contributed by atoms with Crippen LogP contribution < -0.4 is 10.6 Å². The number of alkyl halides is 1. The lowest BCUT2D eigenvalue weighted by molar-refractivity contribution is -0.126. The van der Waals surface area contributed by atoms with Crippen molar-refractivity contribution in [3.05, 3.63) is 68.7 Å². The normalized spacial score (nSPS) is 18.2. The minimum atomic E-state index is -1.20. The van der Waals surface area contributed by atoms with E-state index in [1.807, 2.05) is 17.9 Å². The highest BCUT2D eigenvalue weighted by atomic mass is 35.5. The molecule has 1 aromatic heterocycles. The van der Waals surface area contributed by atoms with Gasteiger partial charge < -0.3 is 9.80 Å². The van der Waals surface area contributed by atoms with Crippen LogP contribution in [-0.2, 0) is 4.79 Å². The van der Waals surface area contributed by atoms with Crippen LogP contribution in [0.15, 0.2) is 51.5 Å². The van der Waals surface area contributed by atoms with E-state index in [0.717, 1.165) is 4.90 Å². The summed E-state index contributed by atoms with van der Waals surface area (Å²) in [5.41, 5.74) is 2.04. The summed E-state index contributed by atoms with van der Waals surface area (Å²) in [5.74, 6) is -0.0907. The Balaban J connectivity index is 1.60. The van der Waals surface area contributed by atoms with Crippen molar-refractivity contribution in [2.75, 3.05) is 24.5 Å². The largest absolute Gasteiger partial charge is 0.354 e. The second-order valence-corrected chi connectivity index (χ2v) is 10.6. The predicted octanol–water partition coefficient (Wildman–Crippen LogP) is 5.65. The van der Waals surface area contributed by atoms with Crippen molar-refractivity contribution in [3.63, 3.8) is 0 Å². The van der Waals surface area contributed by atoms with Crippen LogP contribution in [0.3, 0.4) is 0 Å². The fraction of sp³-hybridized carbons (Fsp3) is 0.296. The number of rotatable bonds is 4. The Labute approximate surface area is 222 Å². The van der Waals surface area contributed by atoms with Gasteiger partial charge in [0.25, 0.3) is 0 Å². The number of piperazine rings is 1. The van der Waals surface area contributed by atoms with Crippen molar-refractivity contribution >= 4 is 52.2 Å². The van der Waals surface area contributed by atoms with E-state index in [0.29, 0.717) is 58.1 Å². The summed E-state index contributed by atoms with van der Waals surface area (Å²) in [6.45, 7) is 6.25. The van der Waals surface area contributed by atoms with Gasteiger partial charge in [-0.2, -0.15) is 4.98 Å². The Bertz CT molecular complexity index is 1540. The summed E-state index contributed by atoms with van der Waals surface area (Å²) in [6, 6.07) is 6.61. The van der Waals surface area contributed by atoms with Gasteiger partial charge in [0.05, 0.1) is 10.5 Å². The number of aromatic nitrogens is 2. The zero-order valence-electron chi connectivity index (χ0n) is 20.5. The van der Waals surface area contributed by atoms with E-state index >= 15 is 0 Å². The van der Waals surface area contributed by atoms with E-state index in [1.165, 1.54) is 41.5 Å². The highest BCUT2D eigenvalue weighted by Crippen LogP contribution is 2.46. The van der Waals surface area contributed by atoms with Gasteiger partial charge in [0.2, 0.25) is 5.91 Å². The lowest BCUT2D eigenvalue weighted by atomic mass is 10.0. The molecule has 37 heavy (non-hydrogen) atoms. The Morgan fingerprint density at radius 1 is 1.30 bits per heavy atom. The average Bonchev–Trinajstić information content (AvgIpc) is 2.86. The van der Waals surface area contributed by atoms with E-state index in [9.17, 15) is 18.4 Å². The molecule has 192 valence electrons. The topological polar surface area (TPSA) is 58.4 Å². The number of anilines is 1. The molecule has 2 aliphatic heterocycles. The molecule has 0 spiro atoms. The second-order valence-electron chi connectivity index (χ2n) is 9.28. The SMILES string of the molecule is Cc1ccc(-c2c(Cl)cc3c(N4CCN(C(=O)/C=C/C(C)F)C[C@@H]4C)nc(=O)n4c3c2SC=C4)cc1F. The van der Waals surface area contributed by atoms with E-state index in [1.54, 1.807) is 35.6 Å². The first-order chi connectivity index (χ1) is 17.7. The number of carbonyl (C=O) groups is 1. The third-order valence-electron chi connectivity index (χ3n) is 6.67. The number of allylic oxidation sites excluding steroid dienone is 1. The molecule has 0 radical (unpaired) electrons. The van der Waals surface area contributed by atoms with Crippen molar-refractivity contribution in [1.82, 2.24) is 14.5 Å². The van der Waals surface area contributed by atoms with E-state index in [2.05, 4.69) is 4.98 Å². The fourth-order valence-corrected chi connectivity index (χ4v) is 6.12. The molecular weight excluding hydrogens is 518 g/mol.